The Morgan fingerprint density at radius 1 is 1.10 bits per heavy atom. The van der Waals surface area contributed by atoms with E-state index in [0.29, 0.717) is 15.4 Å². The molecule has 0 spiro atoms. The highest BCUT2D eigenvalue weighted by Crippen LogP contribution is 2.26. The number of carbonyl (C=O) groups is 2. The van der Waals surface area contributed by atoms with E-state index in [1.165, 1.54) is 18.4 Å². The number of rotatable bonds is 7. The van der Waals surface area contributed by atoms with Crippen LogP contribution in [-0.4, -0.2) is 30.2 Å². The van der Waals surface area contributed by atoms with Gasteiger partial charge in [-0.1, -0.05) is 35.9 Å². The Bertz CT molecular complexity index is 1120. The molecule has 30 heavy (non-hydrogen) atoms. The van der Waals surface area contributed by atoms with Crippen LogP contribution in [0.5, 0.6) is 5.75 Å². The lowest BCUT2D eigenvalue weighted by Gasteiger charge is -2.12. The molecule has 0 atom stereocenters. The number of hydrogen-bond acceptors (Lipinski definition) is 6. The molecule has 3 rings (SSSR count). The highest BCUT2D eigenvalue weighted by molar-refractivity contribution is 7.73. The Kier molecular flexibility index (Phi) is 7.02. The number of carbonyl (C=O) groups excluding carboxylic acids is 2. The number of aryl methyl sites for hydroxylation is 2. The van der Waals surface area contributed by atoms with Gasteiger partial charge in [0.2, 0.25) is 0 Å². The van der Waals surface area contributed by atoms with Gasteiger partial charge in [-0.2, -0.15) is 0 Å². The first kappa shape index (κ1) is 21.7. The molecular weight excluding hydrogens is 420 g/mol. The monoisotopic (exact) mass is 442 g/mol. The molecule has 0 saturated heterocycles. The highest BCUT2D eigenvalue weighted by atomic mass is 32.1. The summed E-state index contributed by atoms with van der Waals surface area (Å²) in [5.74, 6) is -0.447. The van der Waals surface area contributed by atoms with E-state index in [0.717, 1.165) is 22.4 Å². The number of anilines is 1. The lowest BCUT2D eigenvalue weighted by molar-refractivity contribution is -0.147. The molecule has 3 aromatic rings. The summed E-state index contributed by atoms with van der Waals surface area (Å²) in [5.41, 5.74) is 4.45. The van der Waals surface area contributed by atoms with Crippen molar-refractivity contribution in [1.82, 2.24) is 4.57 Å². The fourth-order valence-electron chi connectivity index (χ4n) is 2.86. The van der Waals surface area contributed by atoms with Gasteiger partial charge in [-0.3, -0.25) is 9.59 Å². The maximum atomic E-state index is 12.3. The van der Waals surface area contributed by atoms with E-state index in [1.807, 2.05) is 49.6 Å². The minimum Gasteiger partial charge on any atom is -0.495 e. The molecule has 1 amide bonds. The van der Waals surface area contributed by atoms with Crippen LogP contribution in [0, 0.1) is 17.8 Å². The molecule has 6 nitrogen and oxygen atoms in total. The molecular formula is C22H22N2O4S2. The standard InChI is InChI=1S/C22H22N2O4S2/c1-14-4-7-16(8-5-14)18-13-30-22(29)24(18)11-21(26)28-12-20(25)23-17-10-15(2)6-9-19(17)27-3/h4-10,13H,11-12H2,1-3H3,(H,23,25). The SMILES string of the molecule is COc1ccc(C)cc1NC(=O)COC(=O)Cn1c(-c2ccc(C)cc2)csc1=S. The van der Waals surface area contributed by atoms with Gasteiger partial charge in [0.25, 0.3) is 5.91 Å². The maximum absolute atomic E-state index is 12.3. The van der Waals surface area contributed by atoms with E-state index < -0.39 is 18.5 Å². The second-order valence-electron chi connectivity index (χ2n) is 6.75. The van der Waals surface area contributed by atoms with E-state index in [2.05, 4.69) is 5.32 Å². The molecule has 1 aromatic heterocycles. The van der Waals surface area contributed by atoms with Crippen molar-refractivity contribution in [2.24, 2.45) is 0 Å². The van der Waals surface area contributed by atoms with Crippen molar-refractivity contribution in [2.75, 3.05) is 19.0 Å². The third-order valence-corrected chi connectivity index (χ3v) is 5.68. The number of methoxy groups -OCH3 is 1. The fraction of sp³-hybridized carbons (Fsp3) is 0.227. The van der Waals surface area contributed by atoms with Crippen molar-refractivity contribution < 1.29 is 19.1 Å². The molecule has 0 aliphatic rings. The summed E-state index contributed by atoms with van der Waals surface area (Å²) in [6.07, 6.45) is 0. The number of nitrogens with zero attached hydrogens (tertiary/aromatic N) is 1. The summed E-state index contributed by atoms with van der Waals surface area (Å²) < 4.78 is 12.7. The van der Waals surface area contributed by atoms with Crippen LogP contribution >= 0.6 is 23.6 Å². The van der Waals surface area contributed by atoms with Gasteiger partial charge >= 0.3 is 5.97 Å². The molecule has 0 aliphatic heterocycles. The minimum absolute atomic E-state index is 0.0629. The van der Waals surface area contributed by atoms with Crippen molar-refractivity contribution in [3.05, 3.63) is 62.9 Å². The number of amides is 1. The Morgan fingerprint density at radius 2 is 1.80 bits per heavy atom. The Morgan fingerprint density at radius 3 is 2.50 bits per heavy atom. The zero-order valence-corrected chi connectivity index (χ0v) is 18.6. The molecule has 0 saturated carbocycles. The van der Waals surface area contributed by atoms with Crippen LogP contribution in [-0.2, 0) is 20.9 Å². The molecule has 2 aromatic carbocycles. The van der Waals surface area contributed by atoms with Gasteiger partial charge in [0.15, 0.2) is 10.6 Å². The Labute approximate surface area is 184 Å². The quantitative estimate of drug-likeness (QED) is 0.422. The molecule has 0 fully saturated rings. The number of nitrogens with one attached hydrogen (secondary N) is 1. The predicted molar refractivity (Wildman–Crippen MR) is 121 cm³/mol. The first-order valence-corrected chi connectivity index (χ1v) is 10.5. The van der Waals surface area contributed by atoms with Gasteiger partial charge in [-0.25, -0.2) is 0 Å². The zero-order chi connectivity index (χ0) is 21.7. The van der Waals surface area contributed by atoms with Crippen molar-refractivity contribution in [3.63, 3.8) is 0 Å². The lowest BCUT2D eigenvalue weighted by Crippen LogP contribution is -2.23. The smallest absolute Gasteiger partial charge is 0.326 e. The van der Waals surface area contributed by atoms with E-state index >= 15 is 0 Å². The molecule has 8 heteroatoms. The van der Waals surface area contributed by atoms with E-state index in [1.54, 1.807) is 16.7 Å². The van der Waals surface area contributed by atoms with Crippen molar-refractivity contribution in [1.29, 1.82) is 0 Å². The van der Waals surface area contributed by atoms with Gasteiger partial charge in [-0.05, 0) is 49.3 Å². The second kappa shape index (κ2) is 9.69. The van der Waals surface area contributed by atoms with Gasteiger partial charge in [-0.15, -0.1) is 11.3 Å². The molecule has 0 unspecified atom stereocenters. The molecule has 156 valence electrons. The highest BCUT2D eigenvalue weighted by Gasteiger charge is 2.14. The summed E-state index contributed by atoms with van der Waals surface area (Å²) in [6, 6.07) is 13.4. The predicted octanol–water partition coefficient (Wildman–Crippen LogP) is 4.75. The van der Waals surface area contributed by atoms with Crippen LogP contribution in [0.1, 0.15) is 11.1 Å². The van der Waals surface area contributed by atoms with Crippen molar-refractivity contribution in [2.45, 2.75) is 20.4 Å². The number of ether oxygens (including phenoxy) is 2. The number of hydrogen-bond donors (Lipinski definition) is 1. The van der Waals surface area contributed by atoms with Crippen LogP contribution in [0.4, 0.5) is 5.69 Å². The zero-order valence-electron chi connectivity index (χ0n) is 16.9. The fourth-order valence-corrected chi connectivity index (χ4v) is 3.93. The summed E-state index contributed by atoms with van der Waals surface area (Å²) >= 11 is 6.74. The first-order chi connectivity index (χ1) is 14.4. The lowest BCUT2D eigenvalue weighted by atomic mass is 10.1. The number of thiazole rings is 1. The molecule has 1 heterocycles. The number of aromatic nitrogens is 1. The van der Waals surface area contributed by atoms with Crippen molar-refractivity contribution in [3.8, 4) is 17.0 Å². The summed E-state index contributed by atoms with van der Waals surface area (Å²) in [7, 11) is 1.52. The van der Waals surface area contributed by atoms with Crippen LogP contribution in [0.3, 0.4) is 0 Å². The van der Waals surface area contributed by atoms with E-state index in [4.69, 9.17) is 21.7 Å². The van der Waals surface area contributed by atoms with E-state index in [-0.39, 0.29) is 6.54 Å². The first-order valence-electron chi connectivity index (χ1n) is 9.23. The van der Waals surface area contributed by atoms with Gasteiger partial charge in [0.1, 0.15) is 12.3 Å². The normalized spacial score (nSPS) is 10.5. The van der Waals surface area contributed by atoms with Crippen LogP contribution in [0.2, 0.25) is 0 Å². The largest absolute Gasteiger partial charge is 0.495 e. The van der Waals surface area contributed by atoms with Crippen molar-refractivity contribution >= 4 is 41.1 Å². The van der Waals surface area contributed by atoms with Crippen LogP contribution in [0.15, 0.2) is 47.8 Å². The van der Waals surface area contributed by atoms with Crippen LogP contribution < -0.4 is 10.1 Å². The molecule has 0 radical (unpaired) electrons. The average molecular weight is 443 g/mol. The molecule has 0 aliphatic carbocycles. The maximum Gasteiger partial charge on any atom is 0.326 e. The van der Waals surface area contributed by atoms with Gasteiger partial charge < -0.3 is 19.4 Å². The van der Waals surface area contributed by atoms with Gasteiger partial charge in [0.05, 0.1) is 18.5 Å². The summed E-state index contributed by atoms with van der Waals surface area (Å²) in [4.78, 5) is 24.6. The molecule has 0 bridgehead atoms. The Balaban J connectivity index is 1.62. The third-order valence-electron chi connectivity index (χ3n) is 4.41. The number of benzene rings is 2. The minimum atomic E-state index is -0.538. The summed E-state index contributed by atoms with van der Waals surface area (Å²) in [5, 5.41) is 4.62. The Hall–Kier alpha value is -2.97. The third kappa shape index (κ3) is 5.34. The number of esters is 1. The second-order valence-corrected chi connectivity index (χ2v) is 8.25. The topological polar surface area (TPSA) is 69.6 Å². The summed E-state index contributed by atoms with van der Waals surface area (Å²) in [6.45, 7) is 3.46. The van der Waals surface area contributed by atoms with E-state index in [9.17, 15) is 9.59 Å². The van der Waals surface area contributed by atoms with Crippen LogP contribution in [0.25, 0.3) is 11.3 Å². The average Bonchev–Trinajstić information content (AvgIpc) is 3.07. The molecule has 1 N–H and O–H groups in total. The van der Waals surface area contributed by atoms with Gasteiger partial charge in [0, 0.05) is 5.38 Å².